The summed E-state index contributed by atoms with van der Waals surface area (Å²) in [5.41, 5.74) is 2.14. The summed E-state index contributed by atoms with van der Waals surface area (Å²) in [6.45, 7) is 2.65. The van der Waals surface area contributed by atoms with Gasteiger partial charge >= 0.3 is 5.97 Å². The zero-order chi connectivity index (χ0) is 21.8. The monoisotopic (exact) mass is 426 g/mol. The van der Waals surface area contributed by atoms with Gasteiger partial charge in [-0.15, -0.1) is 0 Å². The lowest BCUT2D eigenvalue weighted by Gasteiger charge is -2.32. The summed E-state index contributed by atoms with van der Waals surface area (Å²) >= 11 is 0. The molecule has 0 spiro atoms. The van der Waals surface area contributed by atoms with Gasteiger partial charge in [-0.25, -0.2) is 0 Å². The van der Waals surface area contributed by atoms with E-state index in [4.69, 9.17) is 4.74 Å². The lowest BCUT2D eigenvalue weighted by molar-refractivity contribution is -0.157. The first-order chi connectivity index (χ1) is 15.0. The third-order valence-electron chi connectivity index (χ3n) is 7.27. The van der Waals surface area contributed by atoms with Gasteiger partial charge in [-0.05, 0) is 62.5 Å². The quantitative estimate of drug-likeness (QED) is 0.730. The highest BCUT2D eigenvalue weighted by Crippen LogP contribution is 2.36. The Balaban J connectivity index is 1.32. The van der Waals surface area contributed by atoms with Crippen molar-refractivity contribution in [3.8, 4) is 0 Å². The largest absolute Gasteiger partial charge is 0.455 e. The Morgan fingerprint density at radius 1 is 1.00 bits per heavy atom. The predicted octanol–water partition coefficient (Wildman–Crippen LogP) is 3.62. The highest BCUT2D eigenvalue weighted by molar-refractivity contribution is 5.99. The van der Waals surface area contributed by atoms with Crippen molar-refractivity contribution in [1.82, 2.24) is 5.32 Å². The molecule has 0 radical (unpaired) electrons. The Morgan fingerprint density at radius 3 is 2.48 bits per heavy atom. The molecule has 2 aliphatic carbocycles. The molecule has 2 fully saturated rings. The van der Waals surface area contributed by atoms with Gasteiger partial charge in [0, 0.05) is 18.3 Å². The maximum Gasteiger partial charge on any atom is 0.310 e. The predicted molar refractivity (Wildman–Crippen MR) is 118 cm³/mol. The molecule has 3 aliphatic rings. The Hall–Kier alpha value is -2.37. The van der Waals surface area contributed by atoms with Crippen LogP contribution in [-0.4, -0.2) is 37.0 Å². The van der Waals surface area contributed by atoms with Gasteiger partial charge in [0.25, 0.3) is 5.91 Å². The normalized spacial score (nSPS) is 28.0. The van der Waals surface area contributed by atoms with Gasteiger partial charge in [0.2, 0.25) is 5.91 Å². The second-order valence-corrected chi connectivity index (χ2v) is 9.50. The van der Waals surface area contributed by atoms with E-state index in [0.717, 1.165) is 50.6 Å². The van der Waals surface area contributed by atoms with E-state index in [-0.39, 0.29) is 30.4 Å². The average Bonchev–Trinajstić information content (AvgIpc) is 3.23. The van der Waals surface area contributed by atoms with E-state index in [2.05, 4.69) is 18.3 Å². The number of nitrogens with zero attached hydrogens (tertiary/aromatic N) is 1. The van der Waals surface area contributed by atoms with E-state index in [1.54, 1.807) is 0 Å². The lowest BCUT2D eigenvalue weighted by Crippen LogP contribution is -2.43. The fraction of sp³-hybridized carbons (Fsp3) is 0.640. The molecule has 2 atom stereocenters. The summed E-state index contributed by atoms with van der Waals surface area (Å²) in [4.78, 5) is 40.3. The third kappa shape index (κ3) is 5.10. The molecule has 0 aromatic heterocycles. The number of hydrogen-bond donors (Lipinski definition) is 1. The molecule has 6 heteroatoms. The van der Waals surface area contributed by atoms with Crippen LogP contribution in [0.2, 0.25) is 0 Å². The molecule has 1 aromatic carbocycles. The number of esters is 1. The van der Waals surface area contributed by atoms with Crippen LogP contribution >= 0.6 is 0 Å². The van der Waals surface area contributed by atoms with Crippen LogP contribution in [0.25, 0.3) is 0 Å². The summed E-state index contributed by atoms with van der Waals surface area (Å²) in [5, 5.41) is 3.00. The van der Waals surface area contributed by atoms with Gasteiger partial charge in [-0.2, -0.15) is 0 Å². The molecule has 31 heavy (non-hydrogen) atoms. The van der Waals surface area contributed by atoms with Crippen molar-refractivity contribution in [3.63, 3.8) is 0 Å². The smallest absolute Gasteiger partial charge is 0.310 e. The molecule has 1 heterocycles. The number of carbonyl (C=O) groups excluding carboxylic acids is 3. The number of rotatable bonds is 5. The van der Waals surface area contributed by atoms with E-state index in [1.165, 1.54) is 5.56 Å². The first kappa shape index (κ1) is 21.8. The molecule has 0 bridgehead atoms. The van der Waals surface area contributed by atoms with Crippen LogP contribution in [0.15, 0.2) is 24.3 Å². The second kappa shape index (κ2) is 9.84. The van der Waals surface area contributed by atoms with Crippen molar-refractivity contribution in [2.24, 2.45) is 17.8 Å². The Morgan fingerprint density at radius 2 is 1.71 bits per heavy atom. The number of hydrogen-bond acceptors (Lipinski definition) is 4. The molecule has 0 saturated heterocycles. The average molecular weight is 427 g/mol. The van der Waals surface area contributed by atoms with Crippen molar-refractivity contribution in [1.29, 1.82) is 0 Å². The zero-order valence-corrected chi connectivity index (χ0v) is 18.5. The molecule has 0 unspecified atom stereocenters. The van der Waals surface area contributed by atoms with Gasteiger partial charge in [-0.1, -0.05) is 38.0 Å². The van der Waals surface area contributed by atoms with Crippen molar-refractivity contribution in [3.05, 3.63) is 29.8 Å². The van der Waals surface area contributed by atoms with Gasteiger partial charge in [0.1, 0.15) is 0 Å². The Bertz CT molecular complexity index is 815. The summed E-state index contributed by atoms with van der Waals surface area (Å²) in [6.07, 6.45) is 8.25. The molecule has 168 valence electrons. The summed E-state index contributed by atoms with van der Waals surface area (Å²) in [7, 11) is 0. The maximum atomic E-state index is 13.3. The summed E-state index contributed by atoms with van der Waals surface area (Å²) in [6, 6.07) is 8.16. The van der Waals surface area contributed by atoms with Gasteiger partial charge in [0.15, 0.2) is 6.61 Å². The Labute approximate surface area is 184 Å². The molecule has 1 N–H and O–H groups in total. The number of ether oxygens (including phenoxy) is 1. The summed E-state index contributed by atoms with van der Waals surface area (Å²) < 4.78 is 5.40. The standard InChI is InChI=1S/C25H34N2O4/c1-17-10-12-19(13-11-17)26-23(28)16-31-25(30)21-8-4-3-7-20(21)24(29)27-15-14-18-6-2-5-9-22(18)27/h2,5-6,9,17,19-21H,3-4,7-8,10-16H2,1H3,(H,26,28)/t17?,19?,20-,21-/m1/s1. The molecular formula is C25H34N2O4. The SMILES string of the molecule is CC1CCC(NC(=O)COC(=O)[C@@H]2CCCC[C@H]2C(=O)N2CCc3ccccc32)CC1. The van der Waals surface area contributed by atoms with Crippen LogP contribution in [0, 0.1) is 17.8 Å². The van der Waals surface area contributed by atoms with Crippen LogP contribution < -0.4 is 10.2 Å². The number of benzene rings is 1. The first-order valence-electron chi connectivity index (χ1n) is 11.9. The molecule has 1 aromatic rings. The minimum absolute atomic E-state index is 0.0207. The molecular weight excluding hydrogens is 392 g/mol. The van der Waals surface area contributed by atoms with E-state index in [0.29, 0.717) is 25.3 Å². The van der Waals surface area contributed by atoms with Gasteiger partial charge in [0.05, 0.1) is 11.8 Å². The Kier molecular flexibility index (Phi) is 6.93. The number of anilines is 1. The fourth-order valence-electron chi connectivity index (χ4n) is 5.39. The molecule has 1 aliphatic heterocycles. The number of para-hydroxylation sites is 1. The van der Waals surface area contributed by atoms with Crippen LogP contribution in [-0.2, 0) is 25.5 Å². The second-order valence-electron chi connectivity index (χ2n) is 9.50. The van der Waals surface area contributed by atoms with Crippen molar-refractivity contribution < 1.29 is 19.1 Å². The number of amides is 2. The van der Waals surface area contributed by atoms with Crippen molar-refractivity contribution in [2.45, 2.75) is 70.8 Å². The molecule has 2 amide bonds. The van der Waals surface area contributed by atoms with E-state index in [1.807, 2.05) is 23.1 Å². The minimum Gasteiger partial charge on any atom is -0.455 e. The fourth-order valence-corrected chi connectivity index (χ4v) is 5.39. The van der Waals surface area contributed by atoms with Crippen molar-refractivity contribution in [2.75, 3.05) is 18.1 Å². The molecule has 2 saturated carbocycles. The zero-order valence-electron chi connectivity index (χ0n) is 18.5. The lowest BCUT2D eigenvalue weighted by atomic mass is 9.78. The van der Waals surface area contributed by atoms with Crippen molar-refractivity contribution >= 4 is 23.5 Å². The first-order valence-corrected chi connectivity index (χ1v) is 11.9. The van der Waals surface area contributed by atoms with Crippen LogP contribution in [0.5, 0.6) is 0 Å². The molecule has 6 nitrogen and oxygen atoms in total. The highest BCUT2D eigenvalue weighted by atomic mass is 16.5. The topological polar surface area (TPSA) is 75.7 Å². The summed E-state index contributed by atoms with van der Waals surface area (Å²) in [5.74, 6) is -0.729. The van der Waals surface area contributed by atoms with Crippen LogP contribution in [0.3, 0.4) is 0 Å². The van der Waals surface area contributed by atoms with Gasteiger partial charge in [-0.3, -0.25) is 14.4 Å². The van der Waals surface area contributed by atoms with E-state index < -0.39 is 11.9 Å². The third-order valence-corrected chi connectivity index (χ3v) is 7.27. The highest BCUT2D eigenvalue weighted by Gasteiger charge is 2.40. The van der Waals surface area contributed by atoms with Gasteiger partial charge < -0.3 is 15.0 Å². The minimum atomic E-state index is -0.461. The maximum absolute atomic E-state index is 13.3. The van der Waals surface area contributed by atoms with E-state index in [9.17, 15) is 14.4 Å². The van der Waals surface area contributed by atoms with Crippen LogP contribution in [0.1, 0.15) is 63.9 Å². The molecule has 4 rings (SSSR count). The number of nitrogens with one attached hydrogen (secondary N) is 1. The van der Waals surface area contributed by atoms with E-state index >= 15 is 0 Å². The van der Waals surface area contributed by atoms with Crippen LogP contribution in [0.4, 0.5) is 5.69 Å². The number of carbonyl (C=O) groups is 3. The number of fused-ring (bicyclic) bond motifs is 1.